The Balaban J connectivity index is 1.26. The maximum atomic E-state index is 12.5. The molecule has 3 aromatic rings. The van der Waals surface area contributed by atoms with E-state index < -0.39 is 6.09 Å². The highest BCUT2D eigenvalue weighted by molar-refractivity contribution is 5.90. The number of hydrogen-bond acceptors (Lipinski definition) is 7. The Labute approximate surface area is 173 Å². The van der Waals surface area contributed by atoms with Gasteiger partial charge in [-0.2, -0.15) is 0 Å². The molecular formula is C20H21N7O3. The first kappa shape index (κ1) is 19.5. The number of piperazine rings is 1. The summed E-state index contributed by atoms with van der Waals surface area (Å²) in [7, 11) is 1.78. The second-order valence-electron chi connectivity index (χ2n) is 6.75. The summed E-state index contributed by atoms with van der Waals surface area (Å²) in [5.74, 6) is 1.07. The van der Waals surface area contributed by atoms with Crippen molar-refractivity contribution >= 4 is 12.0 Å². The van der Waals surface area contributed by atoms with Gasteiger partial charge in [-0.3, -0.25) is 10.2 Å². The van der Waals surface area contributed by atoms with E-state index in [4.69, 9.17) is 4.74 Å². The van der Waals surface area contributed by atoms with Gasteiger partial charge >= 0.3 is 6.09 Å². The molecule has 4 rings (SSSR count). The van der Waals surface area contributed by atoms with E-state index in [1.807, 2.05) is 30.3 Å². The van der Waals surface area contributed by atoms with Crippen LogP contribution in [0, 0.1) is 0 Å². The minimum absolute atomic E-state index is 0.125. The Bertz CT molecular complexity index is 1010. The first-order valence-electron chi connectivity index (χ1n) is 9.47. The quantitative estimate of drug-likeness (QED) is 0.696. The number of carbonyl (C=O) groups is 2. The lowest BCUT2D eigenvalue weighted by atomic mass is 10.2. The van der Waals surface area contributed by atoms with Crippen molar-refractivity contribution in [2.24, 2.45) is 7.05 Å². The van der Waals surface area contributed by atoms with Crippen LogP contribution in [0.5, 0.6) is 5.75 Å². The second kappa shape index (κ2) is 8.70. The monoisotopic (exact) mass is 407 g/mol. The number of hydrogen-bond donors (Lipinski definition) is 1. The number of benzene rings is 1. The smallest absolute Gasteiger partial charge is 0.406 e. The van der Waals surface area contributed by atoms with Crippen molar-refractivity contribution in [1.29, 1.82) is 0 Å². The summed E-state index contributed by atoms with van der Waals surface area (Å²) < 4.78 is 6.94. The predicted octanol–water partition coefficient (Wildman–Crippen LogP) is 1.34. The first-order valence-corrected chi connectivity index (χ1v) is 9.47. The number of aromatic nitrogens is 4. The van der Waals surface area contributed by atoms with Crippen molar-refractivity contribution in [1.82, 2.24) is 34.9 Å². The van der Waals surface area contributed by atoms with Crippen molar-refractivity contribution in [3.63, 3.8) is 0 Å². The molecule has 0 radical (unpaired) electrons. The fourth-order valence-electron chi connectivity index (χ4n) is 3.10. The molecule has 154 valence electrons. The van der Waals surface area contributed by atoms with Gasteiger partial charge in [-0.25, -0.2) is 24.8 Å². The van der Waals surface area contributed by atoms with Crippen molar-refractivity contribution in [3.8, 4) is 17.1 Å². The zero-order valence-electron chi connectivity index (χ0n) is 16.4. The van der Waals surface area contributed by atoms with Crippen molar-refractivity contribution in [3.05, 3.63) is 60.9 Å². The van der Waals surface area contributed by atoms with E-state index in [1.54, 1.807) is 33.9 Å². The van der Waals surface area contributed by atoms with Crippen LogP contribution in [-0.2, 0) is 7.05 Å². The summed E-state index contributed by atoms with van der Waals surface area (Å²) in [4.78, 5) is 38.9. The van der Waals surface area contributed by atoms with Gasteiger partial charge in [0.25, 0.3) is 5.91 Å². The molecule has 1 N–H and O–H groups in total. The lowest BCUT2D eigenvalue weighted by molar-refractivity contribution is 0.0543. The van der Waals surface area contributed by atoms with Gasteiger partial charge in [0.05, 0.1) is 12.4 Å². The molecule has 1 aliphatic heterocycles. The average Bonchev–Trinajstić information content (AvgIpc) is 3.21. The molecule has 3 heterocycles. The molecule has 0 spiro atoms. The second-order valence-corrected chi connectivity index (χ2v) is 6.75. The van der Waals surface area contributed by atoms with Crippen LogP contribution in [0.15, 0.2) is 55.1 Å². The van der Waals surface area contributed by atoms with Gasteiger partial charge in [-0.1, -0.05) is 30.3 Å². The van der Waals surface area contributed by atoms with Crippen LogP contribution in [0.2, 0.25) is 0 Å². The Morgan fingerprint density at radius 2 is 1.70 bits per heavy atom. The standard InChI is InChI=1S/C20H21N7O3/c1-25-8-7-21-18(25)19(28)26-9-11-27(12-10-26)24-20(29)30-16-13-22-17(23-14-16)15-5-3-2-4-6-15/h2-8,13-14H,9-12H2,1H3,(H,24,29). The van der Waals surface area contributed by atoms with Crippen LogP contribution < -0.4 is 10.2 Å². The number of aryl methyl sites for hydroxylation is 1. The number of imidazole rings is 1. The van der Waals surface area contributed by atoms with E-state index in [1.165, 1.54) is 12.4 Å². The van der Waals surface area contributed by atoms with Crippen LogP contribution in [0.25, 0.3) is 11.4 Å². The maximum absolute atomic E-state index is 12.5. The Morgan fingerprint density at radius 3 is 2.33 bits per heavy atom. The molecule has 30 heavy (non-hydrogen) atoms. The summed E-state index contributed by atoms with van der Waals surface area (Å²) >= 11 is 0. The molecule has 2 amide bonds. The van der Waals surface area contributed by atoms with Crippen molar-refractivity contribution < 1.29 is 14.3 Å². The highest BCUT2D eigenvalue weighted by Gasteiger charge is 2.25. The molecule has 0 saturated carbocycles. The molecule has 0 aliphatic carbocycles. The molecule has 0 atom stereocenters. The number of nitrogens with zero attached hydrogens (tertiary/aromatic N) is 6. The van der Waals surface area contributed by atoms with Crippen molar-refractivity contribution in [2.45, 2.75) is 0 Å². The van der Waals surface area contributed by atoms with Crippen LogP contribution in [0.4, 0.5) is 4.79 Å². The number of ether oxygens (including phenoxy) is 1. The predicted molar refractivity (Wildman–Crippen MR) is 107 cm³/mol. The molecule has 2 aromatic heterocycles. The molecule has 1 fully saturated rings. The highest BCUT2D eigenvalue weighted by atomic mass is 16.6. The van der Waals surface area contributed by atoms with Gasteiger partial charge in [0.15, 0.2) is 17.4 Å². The molecule has 0 unspecified atom stereocenters. The normalized spacial score (nSPS) is 14.4. The lowest BCUT2D eigenvalue weighted by Crippen LogP contribution is -2.55. The summed E-state index contributed by atoms with van der Waals surface area (Å²) in [5.41, 5.74) is 3.56. The van der Waals surface area contributed by atoms with E-state index in [0.717, 1.165) is 5.56 Å². The molecular weight excluding hydrogens is 386 g/mol. The summed E-state index contributed by atoms with van der Waals surface area (Å²) in [6.07, 6.45) is 5.61. The summed E-state index contributed by atoms with van der Waals surface area (Å²) in [5, 5.41) is 1.71. The van der Waals surface area contributed by atoms with Crippen LogP contribution in [0.3, 0.4) is 0 Å². The van der Waals surface area contributed by atoms with Gasteiger partial charge in [-0.15, -0.1) is 0 Å². The van der Waals surface area contributed by atoms with Gasteiger partial charge < -0.3 is 14.2 Å². The Hall–Kier alpha value is -3.79. The highest BCUT2D eigenvalue weighted by Crippen LogP contribution is 2.16. The minimum atomic E-state index is -0.630. The van der Waals surface area contributed by atoms with Gasteiger partial charge in [0, 0.05) is 51.2 Å². The molecule has 0 bridgehead atoms. The minimum Gasteiger partial charge on any atom is -0.406 e. The third-order valence-corrected chi connectivity index (χ3v) is 4.70. The topological polar surface area (TPSA) is 105 Å². The third-order valence-electron chi connectivity index (χ3n) is 4.70. The third kappa shape index (κ3) is 4.44. The van der Waals surface area contributed by atoms with E-state index in [-0.39, 0.29) is 11.7 Å². The number of carbonyl (C=O) groups excluding carboxylic acids is 2. The average molecular weight is 407 g/mol. The number of nitrogens with one attached hydrogen (secondary N) is 1. The fourth-order valence-corrected chi connectivity index (χ4v) is 3.10. The molecule has 10 heteroatoms. The zero-order valence-corrected chi connectivity index (χ0v) is 16.4. The first-order chi connectivity index (χ1) is 14.6. The van der Waals surface area contributed by atoms with Gasteiger partial charge in [-0.05, 0) is 0 Å². The SMILES string of the molecule is Cn1ccnc1C(=O)N1CCN(NC(=O)Oc2cnc(-c3ccccc3)nc2)CC1. The Morgan fingerprint density at radius 1 is 1.00 bits per heavy atom. The lowest BCUT2D eigenvalue weighted by Gasteiger charge is -2.34. The van der Waals surface area contributed by atoms with Gasteiger partial charge in [0.1, 0.15) is 0 Å². The van der Waals surface area contributed by atoms with E-state index in [0.29, 0.717) is 37.8 Å². The molecule has 1 aromatic carbocycles. The molecule has 1 aliphatic rings. The van der Waals surface area contributed by atoms with Crippen LogP contribution in [-0.4, -0.2) is 67.6 Å². The number of rotatable bonds is 4. The number of amides is 2. The van der Waals surface area contributed by atoms with E-state index >= 15 is 0 Å². The molecule has 10 nitrogen and oxygen atoms in total. The van der Waals surface area contributed by atoms with Gasteiger partial charge in [0.2, 0.25) is 0 Å². The largest absolute Gasteiger partial charge is 0.427 e. The Kier molecular flexibility index (Phi) is 5.66. The van der Waals surface area contributed by atoms with E-state index in [9.17, 15) is 9.59 Å². The van der Waals surface area contributed by atoms with Crippen LogP contribution in [0.1, 0.15) is 10.6 Å². The molecule has 1 saturated heterocycles. The summed E-state index contributed by atoms with van der Waals surface area (Å²) in [6, 6.07) is 9.53. The summed E-state index contributed by atoms with van der Waals surface area (Å²) in [6.45, 7) is 1.91. The maximum Gasteiger partial charge on any atom is 0.427 e. The fraction of sp³-hybridized carbons (Fsp3) is 0.250. The van der Waals surface area contributed by atoms with Crippen molar-refractivity contribution in [2.75, 3.05) is 26.2 Å². The van der Waals surface area contributed by atoms with E-state index in [2.05, 4.69) is 20.4 Å². The number of hydrazine groups is 1. The zero-order chi connectivity index (χ0) is 20.9. The van der Waals surface area contributed by atoms with Crippen LogP contribution >= 0.6 is 0 Å².